The number of aromatic nitrogens is 2. The van der Waals surface area contributed by atoms with Crippen molar-refractivity contribution in [2.75, 3.05) is 18.5 Å². The Kier molecular flexibility index (Phi) is 6.76. The van der Waals surface area contributed by atoms with Crippen LogP contribution < -0.4 is 5.32 Å². The van der Waals surface area contributed by atoms with Gasteiger partial charge < -0.3 is 15.0 Å². The fourth-order valence-corrected chi connectivity index (χ4v) is 4.41. The summed E-state index contributed by atoms with van der Waals surface area (Å²) in [5.74, 6) is 6.41. The quantitative estimate of drug-likeness (QED) is 0.727. The summed E-state index contributed by atoms with van der Waals surface area (Å²) >= 11 is 0. The van der Waals surface area contributed by atoms with E-state index in [1.807, 2.05) is 11.1 Å². The molecule has 1 atom stereocenters. The summed E-state index contributed by atoms with van der Waals surface area (Å²) in [7, 11) is 0. The normalized spacial score (nSPS) is 20.4. The van der Waals surface area contributed by atoms with Gasteiger partial charge in [-0.3, -0.25) is 4.79 Å². The standard InChI is InChI=1S/C26H32N4O2/c1-4-19-9-11-20(12-10-19)7-6-8-24(31)30-18-23-22(26(30,3)5-2)17-27-25(29-23)28-21-13-15-32-16-14-21/h9-12,17,21H,4-5,7,13-16,18H2,1-3H3,(H,27,28,29). The third-order valence-corrected chi connectivity index (χ3v) is 6.76. The van der Waals surface area contributed by atoms with E-state index in [1.165, 1.54) is 5.56 Å². The van der Waals surface area contributed by atoms with Gasteiger partial charge in [-0.15, -0.1) is 0 Å². The molecule has 6 heteroatoms. The topological polar surface area (TPSA) is 67.4 Å². The molecule has 1 saturated heterocycles. The first-order valence-corrected chi connectivity index (χ1v) is 11.6. The van der Waals surface area contributed by atoms with Gasteiger partial charge in [-0.05, 0) is 49.7 Å². The molecular formula is C26H32N4O2. The van der Waals surface area contributed by atoms with Gasteiger partial charge in [-0.2, -0.15) is 0 Å². The second kappa shape index (κ2) is 9.70. The highest BCUT2D eigenvalue weighted by molar-refractivity contribution is 5.94. The maximum atomic E-state index is 13.1. The van der Waals surface area contributed by atoms with E-state index < -0.39 is 5.54 Å². The molecule has 0 bridgehead atoms. The van der Waals surface area contributed by atoms with E-state index in [0.717, 1.165) is 55.7 Å². The SMILES string of the molecule is CCc1ccc(CC#CC(=O)N2Cc3nc(NC4CCOCC4)ncc3C2(C)CC)cc1. The second-order valence-electron chi connectivity index (χ2n) is 8.75. The summed E-state index contributed by atoms with van der Waals surface area (Å²) in [4.78, 5) is 24.2. The first kappa shape index (κ1) is 22.3. The van der Waals surface area contributed by atoms with Crippen molar-refractivity contribution < 1.29 is 9.53 Å². The molecular weight excluding hydrogens is 400 g/mol. The van der Waals surface area contributed by atoms with Crippen LogP contribution in [0, 0.1) is 11.8 Å². The van der Waals surface area contributed by atoms with Crippen molar-refractivity contribution in [2.24, 2.45) is 0 Å². The van der Waals surface area contributed by atoms with E-state index in [-0.39, 0.29) is 5.91 Å². The van der Waals surface area contributed by atoms with Crippen molar-refractivity contribution in [2.45, 2.75) is 71.0 Å². The number of carbonyl (C=O) groups is 1. The van der Waals surface area contributed by atoms with Gasteiger partial charge in [-0.25, -0.2) is 9.97 Å². The molecule has 3 heterocycles. The van der Waals surface area contributed by atoms with Crippen molar-refractivity contribution in [3.63, 3.8) is 0 Å². The molecule has 0 spiro atoms. The molecule has 0 saturated carbocycles. The number of fused-ring (bicyclic) bond motifs is 1. The Morgan fingerprint density at radius 3 is 2.62 bits per heavy atom. The Hall–Kier alpha value is -2.91. The number of rotatable bonds is 5. The maximum absolute atomic E-state index is 13.1. The van der Waals surface area contributed by atoms with Crippen LogP contribution in [0.4, 0.5) is 5.95 Å². The maximum Gasteiger partial charge on any atom is 0.299 e. The lowest BCUT2D eigenvalue weighted by Crippen LogP contribution is -2.41. The Bertz CT molecular complexity index is 1020. The number of benzene rings is 1. The molecule has 0 aliphatic carbocycles. The van der Waals surface area contributed by atoms with Crippen molar-refractivity contribution in [1.82, 2.24) is 14.9 Å². The molecule has 1 aromatic carbocycles. The Morgan fingerprint density at radius 2 is 1.94 bits per heavy atom. The average molecular weight is 433 g/mol. The molecule has 168 valence electrons. The smallest absolute Gasteiger partial charge is 0.299 e. The third kappa shape index (κ3) is 4.63. The van der Waals surface area contributed by atoms with Gasteiger partial charge in [0.2, 0.25) is 5.95 Å². The van der Waals surface area contributed by atoms with Crippen LogP contribution in [0.3, 0.4) is 0 Å². The van der Waals surface area contributed by atoms with Crippen molar-refractivity contribution >= 4 is 11.9 Å². The molecule has 2 aromatic rings. The predicted octanol–water partition coefficient (Wildman–Crippen LogP) is 3.84. The zero-order valence-corrected chi connectivity index (χ0v) is 19.3. The number of anilines is 1. The van der Waals surface area contributed by atoms with Crippen LogP contribution in [0.1, 0.15) is 62.4 Å². The number of hydrogen-bond donors (Lipinski definition) is 1. The average Bonchev–Trinajstić information content (AvgIpc) is 3.12. The van der Waals surface area contributed by atoms with Crippen LogP contribution in [0.25, 0.3) is 0 Å². The Morgan fingerprint density at radius 1 is 1.22 bits per heavy atom. The molecule has 32 heavy (non-hydrogen) atoms. The van der Waals surface area contributed by atoms with E-state index in [0.29, 0.717) is 25.0 Å². The second-order valence-corrected chi connectivity index (χ2v) is 8.75. The molecule has 6 nitrogen and oxygen atoms in total. The zero-order valence-electron chi connectivity index (χ0n) is 19.3. The van der Waals surface area contributed by atoms with E-state index >= 15 is 0 Å². The number of ether oxygens (including phenoxy) is 1. The number of carbonyl (C=O) groups excluding carboxylic acids is 1. The molecule has 1 aromatic heterocycles. The van der Waals surface area contributed by atoms with Crippen LogP contribution in [0.2, 0.25) is 0 Å². The highest BCUT2D eigenvalue weighted by Crippen LogP contribution is 2.40. The lowest BCUT2D eigenvalue weighted by molar-refractivity contribution is -0.131. The third-order valence-electron chi connectivity index (χ3n) is 6.76. The van der Waals surface area contributed by atoms with Gasteiger partial charge in [0.25, 0.3) is 5.91 Å². The first-order chi connectivity index (χ1) is 15.5. The van der Waals surface area contributed by atoms with Crippen LogP contribution in [0.15, 0.2) is 30.5 Å². The largest absolute Gasteiger partial charge is 0.381 e. The van der Waals surface area contributed by atoms with Gasteiger partial charge in [0.15, 0.2) is 0 Å². The number of aryl methyl sites for hydroxylation is 1. The summed E-state index contributed by atoms with van der Waals surface area (Å²) in [6.45, 7) is 8.30. The van der Waals surface area contributed by atoms with E-state index in [9.17, 15) is 4.79 Å². The first-order valence-electron chi connectivity index (χ1n) is 11.6. The summed E-state index contributed by atoms with van der Waals surface area (Å²) in [5, 5.41) is 3.43. The molecule has 1 fully saturated rings. The Labute approximate surface area is 190 Å². The predicted molar refractivity (Wildman–Crippen MR) is 125 cm³/mol. The zero-order chi connectivity index (χ0) is 22.6. The molecule has 2 aliphatic heterocycles. The highest BCUT2D eigenvalue weighted by atomic mass is 16.5. The van der Waals surface area contributed by atoms with Gasteiger partial charge >= 0.3 is 0 Å². The van der Waals surface area contributed by atoms with Gasteiger partial charge in [0.05, 0.1) is 17.8 Å². The minimum atomic E-state index is -0.443. The van der Waals surface area contributed by atoms with Crippen LogP contribution >= 0.6 is 0 Å². The summed E-state index contributed by atoms with van der Waals surface area (Å²) in [5.41, 5.74) is 3.91. The number of amides is 1. The molecule has 4 rings (SSSR count). The van der Waals surface area contributed by atoms with Crippen molar-refractivity contribution in [3.05, 3.63) is 52.8 Å². The summed E-state index contributed by atoms with van der Waals surface area (Å²) < 4.78 is 5.43. The van der Waals surface area contributed by atoms with Crippen LogP contribution in [0.5, 0.6) is 0 Å². The molecule has 2 aliphatic rings. The monoisotopic (exact) mass is 432 g/mol. The fraction of sp³-hybridized carbons (Fsp3) is 0.500. The van der Waals surface area contributed by atoms with Crippen LogP contribution in [-0.2, 0) is 34.5 Å². The van der Waals surface area contributed by atoms with E-state index in [4.69, 9.17) is 9.72 Å². The van der Waals surface area contributed by atoms with E-state index in [2.05, 4.69) is 67.2 Å². The molecule has 1 unspecified atom stereocenters. The fourth-order valence-electron chi connectivity index (χ4n) is 4.41. The molecule has 1 amide bonds. The lowest BCUT2D eigenvalue weighted by Gasteiger charge is -2.33. The molecule has 1 N–H and O–H groups in total. The minimum absolute atomic E-state index is 0.156. The van der Waals surface area contributed by atoms with Gasteiger partial charge in [-0.1, -0.05) is 44.0 Å². The van der Waals surface area contributed by atoms with Crippen molar-refractivity contribution in [1.29, 1.82) is 0 Å². The van der Waals surface area contributed by atoms with Crippen molar-refractivity contribution in [3.8, 4) is 11.8 Å². The lowest BCUT2D eigenvalue weighted by atomic mass is 9.91. The van der Waals surface area contributed by atoms with Crippen LogP contribution in [-0.4, -0.2) is 40.0 Å². The van der Waals surface area contributed by atoms with Gasteiger partial charge in [0, 0.05) is 37.4 Å². The summed E-state index contributed by atoms with van der Waals surface area (Å²) in [6, 6.07) is 8.74. The van der Waals surface area contributed by atoms with Gasteiger partial charge in [0.1, 0.15) is 0 Å². The Balaban J connectivity index is 1.46. The number of hydrogen-bond acceptors (Lipinski definition) is 5. The summed E-state index contributed by atoms with van der Waals surface area (Å²) in [6.07, 6.45) is 6.15. The van der Waals surface area contributed by atoms with E-state index in [1.54, 1.807) is 0 Å². The number of nitrogens with zero attached hydrogens (tertiary/aromatic N) is 3. The highest BCUT2D eigenvalue weighted by Gasteiger charge is 2.43. The molecule has 0 radical (unpaired) electrons. The number of nitrogens with one attached hydrogen (secondary N) is 1. The minimum Gasteiger partial charge on any atom is -0.381 e.